The molecule has 0 saturated heterocycles. The summed E-state index contributed by atoms with van der Waals surface area (Å²) >= 11 is 4.53. The van der Waals surface area contributed by atoms with E-state index in [-0.39, 0.29) is 29.3 Å². The van der Waals surface area contributed by atoms with Crippen molar-refractivity contribution in [3.63, 3.8) is 0 Å². The fraction of sp³-hybridized carbons (Fsp3) is 0.179. The van der Waals surface area contributed by atoms with Crippen molar-refractivity contribution in [2.45, 2.75) is 26.1 Å². The molecule has 0 radical (unpaired) electrons. The van der Waals surface area contributed by atoms with E-state index < -0.39 is 29.3 Å². The quantitative estimate of drug-likeness (QED) is 0.264. The molecule has 200 valence electrons. The maximum Gasteiger partial charge on any atom is 0.416 e. The van der Waals surface area contributed by atoms with Crippen molar-refractivity contribution >= 4 is 39.3 Å². The molecule has 0 aliphatic carbocycles. The third kappa shape index (κ3) is 5.28. The van der Waals surface area contributed by atoms with Gasteiger partial charge < -0.3 is 9.15 Å². The highest BCUT2D eigenvalue weighted by Crippen LogP contribution is 2.33. The van der Waals surface area contributed by atoms with Crippen LogP contribution in [-0.4, -0.2) is 17.1 Å². The molecule has 0 spiro atoms. The fourth-order valence-electron chi connectivity index (χ4n) is 4.32. The standard InChI is InChI=1S/C28H20BrF3N2O4S/c1-3-37-26(36)23-15(2)33-27-34(24(23)16-7-9-19(29)10-8-16)25(35)22(39-27)14-20-11-12-21(38-20)17-5-4-6-18(13-17)28(30,31)32/h4-14,24H,3H2,1-2H3. The second-order valence-electron chi connectivity index (χ2n) is 8.63. The molecule has 0 N–H and O–H groups in total. The van der Waals surface area contributed by atoms with Crippen molar-refractivity contribution < 1.29 is 27.1 Å². The summed E-state index contributed by atoms with van der Waals surface area (Å²) in [6.45, 7) is 3.57. The number of alkyl halides is 3. The minimum absolute atomic E-state index is 0.166. The van der Waals surface area contributed by atoms with Crippen LogP contribution in [0.1, 0.15) is 36.8 Å². The molecule has 1 aliphatic heterocycles. The zero-order valence-corrected chi connectivity index (χ0v) is 23.0. The van der Waals surface area contributed by atoms with Gasteiger partial charge in [-0.2, -0.15) is 13.2 Å². The maximum atomic E-state index is 13.7. The van der Waals surface area contributed by atoms with Crippen LogP contribution in [0.2, 0.25) is 0 Å². The molecular formula is C28H20BrF3N2O4S. The van der Waals surface area contributed by atoms with Crippen molar-refractivity contribution in [1.29, 1.82) is 0 Å². The number of hydrogen-bond donors (Lipinski definition) is 0. The van der Waals surface area contributed by atoms with Gasteiger partial charge in [0.05, 0.1) is 34.0 Å². The summed E-state index contributed by atoms with van der Waals surface area (Å²) < 4.78 is 53.1. The monoisotopic (exact) mass is 616 g/mol. The molecule has 5 rings (SSSR count). The summed E-state index contributed by atoms with van der Waals surface area (Å²) in [7, 11) is 0. The fourth-order valence-corrected chi connectivity index (χ4v) is 5.61. The van der Waals surface area contributed by atoms with Gasteiger partial charge in [-0.3, -0.25) is 9.36 Å². The first-order chi connectivity index (χ1) is 18.6. The highest BCUT2D eigenvalue weighted by Gasteiger charge is 2.33. The number of ether oxygens (including phenoxy) is 1. The van der Waals surface area contributed by atoms with Gasteiger partial charge in [0.1, 0.15) is 11.5 Å². The second-order valence-corrected chi connectivity index (χ2v) is 10.6. The first kappa shape index (κ1) is 26.9. The Bertz CT molecular complexity index is 1780. The van der Waals surface area contributed by atoms with Gasteiger partial charge in [0.25, 0.3) is 5.56 Å². The molecule has 3 heterocycles. The van der Waals surface area contributed by atoms with Gasteiger partial charge in [0.2, 0.25) is 0 Å². The molecule has 6 nitrogen and oxygen atoms in total. The Labute approximate surface area is 232 Å². The van der Waals surface area contributed by atoms with Crippen LogP contribution < -0.4 is 14.9 Å². The van der Waals surface area contributed by atoms with E-state index in [1.165, 1.54) is 22.8 Å². The van der Waals surface area contributed by atoms with Gasteiger partial charge in [0.15, 0.2) is 4.80 Å². The Kier molecular flexibility index (Phi) is 7.21. The number of aromatic nitrogens is 1. The van der Waals surface area contributed by atoms with Gasteiger partial charge in [0, 0.05) is 16.1 Å². The van der Waals surface area contributed by atoms with Crippen molar-refractivity contribution in [2.75, 3.05) is 6.61 Å². The number of fused-ring (bicyclic) bond motifs is 1. The summed E-state index contributed by atoms with van der Waals surface area (Å²) in [5.74, 6) is -0.0415. The number of allylic oxidation sites excluding steroid dienone is 1. The normalized spacial score (nSPS) is 15.7. The predicted molar refractivity (Wildman–Crippen MR) is 144 cm³/mol. The van der Waals surface area contributed by atoms with Gasteiger partial charge in [-0.05, 0) is 55.8 Å². The van der Waals surface area contributed by atoms with Crippen LogP contribution in [0.3, 0.4) is 0 Å². The number of carbonyl (C=O) groups is 1. The number of hydrogen-bond acceptors (Lipinski definition) is 6. The minimum Gasteiger partial charge on any atom is -0.463 e. The summed E-state index contributed by atoms with van der Waals surface area (Å²) in [5, 5.41) is 0. The summed E-state index contributed by atoms with van der Waals surface area (Å²) in [5.41, 5.74) is 0.496. The van der Waals surface area contributed by atoms with E-state index in [0.29, 0.717) is 20.6 Å². The average Bonchev–Trinajstić information content (AvgIpc) is 3.48. The first-order valence-corrected chi connectivity index (χ1v) is 13.4. The Balaban J connectivity index is 1.60. The van der Waals surface area contributed by atoms with E-state index >= 15 is 0 Å². The number of nitrogens with zero attached hydrogens (tertiary/aromatic N) is 2. The maximum absolute atomic E-state index is 13.7. The number of benzene rings is 2. The highest BCUT2D eigenvalue weighted by atomic mass is 79.9. The van der Waals surface area contributed by atoms with Crippen LogP contribution in [0.4, 0.5) is 13.2 Å². The lowest BCUT2D eigenvalue weighted by molar-refractivity contribution is -0.139. The van der Waals surface area contributed by atoms with Gasteiger partial charge in [-0.25, -0.2) is 9.79 Å². The van der Waals surface area contributed by atoms with Gasteiger partial charge in [-0.1, -0.05) is 51.5 Å². The number of carbonyl (C=O) groups excluding carboxylic acids is 1. The topological polar surface area (TPSA) is 73.8 Å². The molecule has 2 aromatic carbocycles. The van der Waals surface area contributed by atoms with Crippen LogP contribution in [0.25, 0.3) is 17.4 Å². The second kappa shape index (κ2) is 10.5. The Morgan fingerprint density at radius 2 is 1.92 bits per heavy atom. The SMILES string of the molecule is CCOC(=O)C1=C(C)N=c2sc(=Cc3ccc(-c4cccc(C(F)(F)F)c4)o3)c(=O)n2C1c1ccc(Br)cc1. The number of rotatable bonds is 5. The largest absolute Gasteiger partial charge is 0.463 e. The summed E-state index contributed by atoms with van der Waals surface area (Å²) in [6.07, 6.45) is -2.96. The van der Waals surface area contributed by atoms with E-state index in [1.54, 1.807) is 26.0 Å². The number of halogens is 4. The van der Waals surface area contributed by atoms with E-state index in [2.05, 4.69) is 20.9 Å². The van der Waals surface area contributed by atoms with Crippen LogP contribution in [0, 0.1) is 0 Å². The molecule has 1 unspecified atom stereocenters. The van der Waals surface area contributed by atoms with Gasteiger partial charge >= 0.3 is 12.1 Å². The average molecular weight is 617 g/mol. The zero-order chi connectivity index (χ0) is 27.9. The molecule has 11 heteroatoms. The van der Waals surface area contributed by atoms with Gasteiger partial charge in [-0.15, -0.1) is 0 Å². The lowest BCUT2D eigenvalue weighted by atomic mass is 9.96. The Hall–Kier alpha value is -3.70. The molecule has 0 fully saturated rings. The summed E-state index contributed by atoms with van der Waals surface area (Å²) in [4.78, 5) is 31.5. The third-order valence-corrected chi connectivity index (χ3v) is 7.59. The van der Waals surface area contributed by atoms with E-state index in [1.807, 2.05) is 24.3 Å². The molecule has 2 aromatic heterocycles. The van der Waals surface area contributed by atoms with Crippen molar-refractivity contribution in [3.05, 3.63) is 113 Å². The highest BCUT2D eigenvalue weighted by molar-refractivity contribution is 9.10. The molecule has 39 heavy (non-hydrogen) atoms. The van der Waals surface area contributed by atoms with Crippen LogP contribution >= 0.6 is 27.3 Å². The van der Waals surface area contributed by atoms with Crippen molar-refractivity contribution in [1.82, 2.24) is 4.57 Å². The number of esters is 1. The van der Waals surface area contributed by atoms with E-state index in [0.717, 1.165) is 27.9 Å². The molecule has 4 aromatic rings. The summed E-state index contributed by atoms with van der Waals surface area (Å²) in [6, 6.07) is 14.5. The predicted octanol–water partition coefficient (Wildman–Crippen LogP) is 5.84. The molecule has 1 atom stereocenters. The Morgan fingerprint density at radius 3 is 2.62 bits per heavy atom. The lowest BCUT2D eigenvalue weighted by Gasteiger charge is -2.24. The first-order valence-electron chi connectivity index (χ1n) is 11.8. The molecule has 1 aliphatic rings. The number of furan rings is 1. The zero-order valence-electron chi connectivity index (χ0n) is 20.6. The molecule has 0 amide bonds. The Morgan fingerprint density at radius 1 is 1.18 bits per heavy atom. The smallest absolute Gasteiger partial charge is 0.416 e. The molecule has 0 bridgehead atoms. The van der Waals surface area contributed by atoms with Crippen molar-refractivity contribution in [2.24, 2.45) is 4.99 Å². The van der Waals surface area contributed by atoms with Crippen LogP contribution in [0.15, 0.2) is 90.6 Å². The third-order valence-electron chi connectivity index (χ3n) is 6.08. The molecular weight excluding hydrogens is 597 g/mol. The minimum atomic E-state index is -4.48. The van der Waals surface area contributed by atoms with E-state index in [4.69, 9.17) is 9.15 Å². The van der Waals surface area contributed by atoms with E-state index in [9.17, 15) is 22.8 Å². The van der Waals surface area contributed by atoms with Crippen LogP contribution in [0.5, 0.6) is 0 Å². The number of thiazole rings is 1. The molecule has 0 saturated carbocycles. The lowest BCUT2D eigenvalue weighted by Crippen LogP contribution is -2.39. The van der Waals surface area contributed by atoms with Crippen molar-refractivity contribution in [3.8, 4) is 11.3 Å². The van der Waals surface area contributed by atoms with Crippen LogP contribution in [-0.2, 0) is 15.7 Å².